The van der Waals surface area contributed by atoms with Gasteiger partial charge in [0.2, 0.25) is 0 Å². The summed E-state index contributed by atoms with van der Waals surface area (Å²) >= 11 is 0. The Hall–Kier alpha value is -3.27. The van der Waals surface area contributed by atoms with E-state index in [1.165, 1.54) is 0 Å². The van der Waals surface area contributed by atoms with Crippen molar-refractivity contribution in [1.29, 1.82) is 0 Å². The Labute approximate surface area is 179 Å². The third-order valence-electron chi connectivity index (χ3n) is 5.35. The van der Waals surface area contributed by atoms with Crippen molar-refractivity contribution in [3.63, 3.8) is 0 Å². The van der Waals surface area contributed by atoms with Gasteiger partial charge in [-0.15, -0.1) is 10.2 Å². The molecule has 1 amide bonds. The van der Waals surface area contributed by atoms with E-state index in [0.717, 1.165) is 16.5 Å². The molecule has 1 aliphatic heterocycles. The van der Waals surface area contributed by atoms with Crippen molar-refractivity contribution in [2.24, 2.45) is 0 Å². The Kier molecular flexibility index (Phi) is 5.48. The smallest absolute Gasteiger partial charge is 0.410 e. The number of fused-ring (bicyclic) bond motifs is 1. The molecule has 31 heavy (non-hydrogen) atoms. The van der Waals surface area contributed by atoms with Crippen LogP contribution < -0.4 is 5.56 Å². The Balaban J connectivity index is 1.63. The number of amides is 1. The van der Waals surface area contributed by atoms with Crippen LogP contribution in [0.5, 0.6) is 0 Å². The fourth-order valence-corrected chi connectivity index (χ4v) is 3.88. The first-order valence-electron chi connectivity index (χ1n) is 10.3. The summed E-state index contributed by atoms with van der Waals surface area (Å²) in [5.74, 6) is 0.420. The lowest BCUT2D eigenvalue weighted by atomic mass is 10.0. The molecule has 0 saturated carbocycles. The highest BCUT2D eigenvalue weighted by Gasteiger charge is 2.33. The van der Waals surface area contributed by atoms with E-state index in [1.54, 1.807) is 4.90 Å². The van der Waals surface area contributed by atoms with Crippen LogP contribution in [0.15, 0.2) is 29.1 Å². The van der Waals surface area contributed by atoms with Crippen molar-refractivity contribution in [2.75, 3.05) is 26.2 Å². The number of aryl methyl sites for hydroxylation is 1. The summed E-state index contributed by atoms with van der Waals surface area (Å²) in [6.07, 6.45) is -0.331. The molecule has 164 valence electrons. The largest absolute Gasteiger partial charge is 0.444 e. The van der Waals surface area contributed by atoms with Crippen LogP contribution in [-0.2, 0) is 4.74 Å². The predicted octanol–water partition coefficient (Wildman–Crippen LogP) is 1.99. The van der Waals surface area contributed by atoms with Crippen molar-refractivity contribution >= 4 is 17.0 Å². The molecule has 10 heteroatoms. The SMILES string of the molecule is Cc1cccc2cc(C(c3nn[nH]n3)N3CCN(C(=O)OC(C)(C)C)CC3)c(=O)[nH]c12. The van der Waals surface area contributed by atoms with Gasteiger partial charge in [0.05, 0.1) is 5.52 Å². The molecule has 1 aromatic carbocycles. The van der Waals surface area contributed by atoms with Crippen molar-refractivity contribution < 1.29 is 9.53 Å². The summed E-state index contributed by atoms with van der Waals surface area (Å²) in [4.78, 5) is 32.2. The van der Waals surface area contributed by atoms with Gasteiger partial charge in [0, 0.05) is 31.7 Å². The standard InChI is InChI=1S/C21H27N7O3/c1-13-6-5-7-14-12-15(19(29)22-16(13)14)17(18-23-25-26-24-18)27-8-10-28(11-9-27)20(30)31-21(2,3)4/h5-7,12,17H,8-11H2,1-4H3,(H,22,29)(H,23,24,25,26). The van der Waals surface area contributed by atoms with Gasteiger partial charge in [0.1, 0.15) is 11.6 Å². The van der Waals surface area contributed by atoms with E-state index in [1.807, 2.05) is 52.0 Å². The molecular weight excluding hydrogens is 398 g/mol. The average Bonchev–Trinajstić information content (AvgIpc) is 3.23. The number of hydrogen-bond acceptors (Lipinski definition) is 7. The lowest BCUT2D eigenvalue weighted by molar-refractivity contribution is 0.0116. The van der Waals surface area contributed by atoms with E-state index >= 15 is 0 Å². The second-order valence-corrected chi connectivity index (χ2v) is 8.77. The van der Waals surface area contributed by atoms with Gasteiger partial charge < -0.3 is 14.6 Å². The maximum Gasteiger partial charge on any atom is 0.410 e. The summed E-state index contributed by atoms with van der Waals surface area (Å²) in [5.41, 5.74) is 1.63. The number of pyridine rings is 1. The Morgan fingerprint density at radius 1 is 1.19 bits per heavy atom. The number of aromatic amines is 2. The molecular formula is C21H27N7O3. The number of hydrogen-bond donors (Lipinski definition) is 2. The summed E-state index contributed by atoms with van der Waals surface area (Å²) in [6, 6.07) is 7.30. The van der Waals surface area contributed by atoms with Gasteiger partial charge in [-0.1, -0.05) is 23.4 Å². The summed E-state index contributed by atoms with van der Waals surface area (Å²) in [5, 5.41) is 15.4. The van der Waals surface area contributed by atoms with Crippen LogP contribution in [0.1, 0.15) is 43.8 Å². The van der Waals surface area contributed by atoms with Gasteiger partial charge in [-0.25, -0.2) is 4.79 Å². The summed E-state index contributed by atoms with van der Waals surface area (Å²) in [7, 11) is 0. The van der Waals surface area contributed by atoms with Crippen LogP contribution in [0.3, 0.4) is 0 Å². The molecule has 0 spiro atoms. The number of nitrogens with one attached hydrogen (secondary N) is 2. The Bertz CT molecular complexity index is 1130. The zero-order valence-electron chi connectivity index (χ0n) is 18.2. The molecule has 2 aromatic heterocycles. The van der Waals surface area contributed by atoms with Crippen LogP contribution in [0.2, 0.25) is 0 Å². The van der Waals surface area contributed by atoms with E-state index < -0.39 is 11.6 Å². The zero-order chi connectivity index (χ0) is 22.2. The number of nitrogens with zero attached hydrogens (tertiary/aromatic N) is 5. The van der Waals surface area contributed by atoms with Gasteiger partial charge in [0.25, 0.3) is 5.56 Å². The number of rotatable bonds is 3. The van der Waals surface area contributed by atoms with Crippen molar-refractivity contribution in [3.05, 3.63) is 51.6 Å². The molecule has 0 bridgehead atoms. The van der Waals surface area contributed by atoms with E-state index in [-0.39, 0.29) is 11.7 Å². The number of benzene rings is 1. The number of tetrazole rings is 1. The first kappa shape index (κ1) is 21.0. The molecule has 0 aliphatic carbocycles. The molecule has 1 atom stereocenters. The highest BCUT2D eigenvalue weighted by molar-refractivity contribution is 5.82. The van der Waals surface area contributed by atoms with Crippen molar-refractivity contribution in [2.45, 2.75) is 39.3 Å². The topological polar surface area (TPSA) is 120 Å². The van der Waals surface area contributed by atoms with Crippen LogP contribution in [0.25, 0.3) is 10.9 Å². The number of carbonyl (C=O) groups excluding carboxylic acids is 1. The Morgan fingerprint density at radius 3 is 2.58 bits per heavy atom. The summed E-state index contributed by atoms with van der Waals surface area (Å²) in [6.45, 7) is 9.56. The minimum absolute atomic E-state index is 0.189. The number of H-pyrrole nitrogens is 2. The van der Waals surface area contributed by atoms with Gasteiger partial charge >= 0.3 is 6.09 Å². The molecule has 1 unspecified atom stereocenters. The molecule has 1 aliphatic rings. The molecule has 1 saturated heterocycles. The van der Waals surface area contributed by atoms with Gasteiger partial charge in [0.15, 0.2) is 5.82 Å². The fourth-order valence-electron chi connectivity index (χ4n) is 3.88. The molecule has 1 fully saturated rings. The highest BCUT2D eigenvalue weighted by atomic mass is 16.6. The maximum absolute atomic E-state index is 13.0. The lowest BCUT2D eigenvalue weighted by Gasteiger charge is -2.38. The fraction of sp³-hybridized carbons (Fsp3) is 0.476. The Morgan fingerprint density at radius 2 is 1.94 bits per heavy atom. The normalized spacial score (nSPS) is 16.5. The van der Waals surface area contributed by atoms with Crippen LogP contribution in [0, 0.1) is 6.92 Å². The first-order valence-corrected chi connectivity index (χ1v) is 10.3. The van der Waals surface area contributed by atoms with E-state index in [9.17, 15) is 9.59 Å². The molecule has 2 N–H and O–H groups in total. The minimum Gasteiger partial charge on any atom is -0.444 e. The molecule has 4 rings (SSSR count). The van der Waals surface area contributed by atoms with Gasteiger partial charge in [-0.05, 0) is 44.7 Å². The van der Waals surface area contributed by atoms with Crippen molar-refractivity contribution in [3.8, 4) is 0 Å². The highest BCUT2D eigenvalue weighted by Crippen LogP contribution is 2.27. The number of aromatic nitrogens is 5. The number of ether oxygens (including phenoxy) is 1. The number of carbonyl (C=O) groups is 1. The lowest BCUT2D eigenvalue weighted by Crippen LogP contribution is -2.51. The molecule has 0 radical (unpaired) electrons. The minimum atomic E-state index is -0.544. The van der Waals surface area contributed by atoms with E-state index in [0.29, 0.717) is 37.6 Å². The van der Waals surface area contributed by atoms with Crippen LogP contribution in [0.4, 0.5) is 4.79 Å². The molecule has 3 aromatic rings. The summed E-state index contributed by atoms with van der Waals surface area (Å²) < 4.78 is 5.48. The third-order valence-corrected chi connectivity index (χ3v) is 5.35. The monoisotopic (exact) mass is 425 g/mol. The number of para-hydroxylation sites is 1. The second-order valence-electron chi connectivity index (χ2n) is 8.77. The van der Waals surface area contributed by atoms with Crippen LogP contribution >= 0.6 is 0 Å². The maximum atomic E-state index is 13.0. The van der Waals surface area contributed by atoms with Crippen LogP contribution in [-0.4, -0.2) is 73.3 Å². The van der Waals surface area contributed by atoms with E-state index in [2.05, 4.69) is 30.5 Å². The zero-order valence-corrected chi connectivity index (χ0v) is 18.2. The predicted molar refractivity (Wildman–Crippen MR) is 115 cm³/mol. The third kappa shape index (κ3) is 4.43. The first-order chi connectivity index (χ1) is 14.7. The van der Waals surface area contributed by atoms with Gasteiger partial charge in [-0.3, -0.25) is 9.69 Å². The number of piperazine rings is 1. The van der Waals surface area contributed by atoms with Gasteiger partial charge in [-0.2, -0.15) is 5.21 Å². The molecule has 3 heterocycles. The second kappa shape index (κ2) is 8.10. The average molecular weight is 425 g/mol. The molecule has 10 nitrogen and oxygen atoms in total. The van der Waals surface area contributed by atoms with E-state index in [4.69, 9.17) is 4.74 Å². The van der Waals surface area contributed by atoms with Crippen molar-refractivity contribution in [1.82, 2.24) is 35.4 Å². The quantitative estimate of drug-likeness (QED) is 0.658.